The number of pyridine rings is 1. The number of anilines is 1. The third-order valence-corrected chi connectivity index (χ3v) is 4.83. The van der Waals surface area contributed by atoms with Gasteiger partial charge >= 0.3 is 0 Å². The molecule has 3 nitrogen and oxygen atoms in total. The van der Waals surface area contributed by atoms with Gasteiger partial charge in [0, 0.05) is 38.4 Å². The Morgan fingerprint density at radius 3 is 2.10 bits per heavy atom. The van der Waals surface area contributed by atoms with Gasteiger partial charge in [0.15, 0.2) is 0 Å². The Morgan fingerprint density at radius 2 is 1.48 bits per heavy atom. The molecule has 0 spiro atoms. The van der Waals surface area contributed by atoms with E-state index in [1.807, 2.05) is 12.3 Å². The number of rotatable bonds is 2. The van der Waals surface area contributed by atoms with Crippen molar-refractivity contribution in [1.82, 2.24) is 9.88 Å². The lowest BCUT2D eigenvalue weighted by Crippen LogP contribution is -2.50. The summed E-state index contributed by atoms with van der Waals surface area (Å²) >= 11 is 0. The number of piperazine rings is 1. The monoisotopic (exact) mass is 279 g/mol. The van der Waals surface area contributed by atoms with Crippen LogP contribution >= 0.6 is 0 Å². The highest BCUT2D eigenvalue weighted by atomic mass is 15.3. The maximum Gasteiger partial charge on any atom is 0.128 e. The van der Waals surface area contributed by atoms with Crippen molar-refractivity contribution in [3.05, 3.63) is 59.8 Å². The molecule has 0 N–H and O–H groups in total. The van der Waals surface area contributed by atoms with Crippen molar-refractivity contribution in [2.24, 2.45) is 0 Å². The summed E-state index contributed by atoms with van der Waals surface area (Å²) in [6.07, 6.45) is 4.33. The van der Waals surface area contributed by atoms with Gasteiger partial charge in [0.1, 0.15) is 5.82 Å². The minimum absolute atomic E-state index is 0.702. The second kappa shape index (κ2) is 5.49. The molecule has 2 heterocycles. The highest BCUT2D eigenvalue weighted by molar-refractivity contribution is 5.38. The third kappa shape index (κ3) is 2.54. The van der Waals surface area contributed by atoms with Crippen molar-refractivity contribution in [3.63, 3.8) is 0 Å². The van der Waals surface area contributed by atoms with E-state index < -0.39 is 0 Å². The fraction of sp³-hybridized carbons (Fsp3) is 0.389. The Balaban J connectivity index is 1.39. The summed E-state index contributed by atoms with van der Waals surface area (Å²) < 4.78 is 0. The quantitative estimate of drug-likeness (QED) is 0.841. The van der Waals surface area contributed by atoms with Crippen LogP contribution in [0.5, 0.6) is 0 Å². The zero-order valence-corrected chi connectivity index (χ0v) is 12.3. The van der Waals surface area contributed by atoms with Gasteiger partial charge in [-0.05, 0) is 36.1 Å². The second-order valence-corrected chi connectivity index (χ2v) is 6.04. The predicted octanol–water partition coefficient (Wildman–Crippen LogP) is 2.37. The minimum atomic E-state index is 0.702. The summed E-state index contributed by atoms with van der Waals surface area (Å²) in [7, 11) is 0. The Labute approximate surface area is 126 Å². The van der Waals surface area contributed by atoms with E-state index in [-0.39, 0.29) is 0 Å². The predicted molar refractivity (Wildman–Crippen MR) is 85.7 cm³/mol. The molecule has 2 aromatic rings. The molecule has 0 unspecified atom stereocenters. The summed E-state index contributed by atoms with van der Waals surface area (Å²) in [6, 6.07) is 15.8. The van der Waals surface area contributed by atoms with Crippen molar-refractivity contribution in [1.29, 1.82) is 0 Å². The summed E-state index contributed by atoms with van der Waals surface area (Å²) in [6.45, 7) is 4.47. The molecule has 0 radical (unpaired) electrons. The summed E-state index contributed by atoms with van der Waals surface area (Å²) in [4.78, 5) is 9.53. The van der Waals surface area contributed by atoms with Crippen LogP contribution in [-0.2, 0) is 12.8 Å². The number of fused-ring (bicyclic) bond motifs is 1. The molecule has 1 aliphatic carbocycles. The van der Waals surface area contributed by atoms with Crippen molar-refractivity contribution < 1.29 is 0 Å². The smallest absolute Gasteiger partial charge is 0.128 e. The van der Waals surface area contributed by atoms with Gasteiger partial charge in [-0.3, -0.25) is 4.90 Å². The van der Waals surface area contributed by atoms with Gasteiger partial charge in [-0.15, -0.1) is 0 Å². The molecular weight excluding hydrogens is 258 g/mol. The number of hydrogen-bond donors (Lipinski definition) is 0. The highest BCUT2D eigenvalue weighted by Crippen LogP contribution is 2.26. The van der Waals surface area contributed by atoms with Gasteiger partial charge in [0.2, 0.25) is 0 Å². The Morgan fingerprint density at radius 1 is 0.810 bits per heavy atom. The third-order valence-electron chi connectivity index (χ3n) is 4.83. The van der Waals surface area contributed by atoms with E-state index in [2.05, 4.69) is 51.2 Å². The first kappa shape index (κ1) is 12.8. The maximum atomic E-state index is 4.46. The molecule has 1 saturated heterocycles. The number of aromatic nitrogens is 1. The highest BCUT2D eigenvalue weighted by Gasteiger charge is 2.29. The number of hydrogen-bond acceptors (Lipinski definition) is 3. The van der Waals surface area contributed by atoms with Crippen molar-refractivity contribution in [3.8, 4) is 0 Å². The largest absolute Gasteiger partial charge is 0.354 e. The van der Waals surface area contributed by atoms with E-state index >= 15 is 0 Å². The van der Waals surface area contributed by atoms with E-state index in [4.69, 9.17) is 0 Å². The Kier molecular flexibility index (Phi) is 3.36. The van der Waals surface area contributed by atoms with Crippen molar-refractivity contribution in [2.75, 3.05) is 31.1 Å². The summed E-state index contributed by atoms with van der Waals surface area (Å²) in [5, 5.41) is 0. The van der Waals surface area contributed by atoms with Crippen LogP contribution in [-0.4, -0.2) is 42.1 Å². The Hall–Kier alpha value is -1.87. The number of benzene rings is 1. The van der Waals surface area contributed by atoms with Crippen molar-refractivity contribution >= 4 is 5.82 Å². The fourth-order valence-electron chi connectivity index (χ4n) is 3.65. The molecule has 0 amide bonds. The van der Waals surface area contributed by atoms with Crippen LogP contribution in [0.15, 0.2) is 48.7 Å². The average molecular weight is 279 g/mol. The molecular formula is C18H21N3. The average Bonchev–Trinajstić information content (AvgIpc) is 3.00. The number of nitrogens with zero attached hydrogens (tertiary/aromatic N) is 3. The molecule has 0 saturated carbocycles. The van der Waals surface area contributed by atoms with E-state index in [0.717, 1.165) is 32.0 Å². The van der Waals surface area contributed by atoms with Gasteiger partial charge in [0.25, 0.3) is 0 Å². The molecule has 1 fully saturated rings. The van der Waals surface area contributed by atoms with Gasteiger partial charge in [-0.1, -0.05) is 30.3 Å². The molecule has 0 bridgehead atoms. The molecule has 3 heteroatoms. The maximum absolute atomic E-state index is 4.46. The van der Waals surface area contributed by atoms with E-state index in [1.165, 1.54) is 12.8 Å². The first-order valence-electron chi connectivity index (χ1n) is 7.87. The topological polar surface area (TPSA) is 19.4 Å². The minimum Gasteiger partial charge on any atom is -0.354 e. The summed E-state index contributed by atoms with van der Waals surface area (Å²) in [5.74, 6) is 1.12. The lowest BCUT2D eigenvalue weighted by Gasteiger charge is -2.38. The fourth-order valence-corrected chi connectivity index (χ4v) is 3.65. The van der Waals surface area contributed by atoms with Crippen LogP contribution in [0.2, 0.25) is 0 Å². The molecule has 1 aromatic heterocycles. The van der Waals surface area contributed by atoms with Crippen LogP contribution < -0.4 is 4.90 Å². The first-order chi connectivity index (χ1) is 10.4. The van der Waals surface area contributed by atoms with E-state index in [1.54, 1.807) is 11.1 Å². The van der Waals surface area contributed by atoms with E-state index in [9.17, 15) is 0 Å². The zero-order chi connectivity index (χ0) is 14.1. The van der Waals surface area contributed by atoms with Crippen LogP contribution in [0.25, 0.3) is 0 Å². The lowest BCUT2D eigenvalue weighted by molar-refractivity contribution is 0.190. The molecule has 21 heavy (non-hydrogen) atoms. The molecule has 1 aromatic carbocycles. The second-order valence-electron chi connectivity index (χ2n) is 6.04. The summed E-state index contributed by atoms with van der Waals surface area (Å²) in [5.41, 5.74) is 3.10. The molecule has 0 atom stereocenters. The van der Waals surface area contributed by atoms with Crippen molar-refractivity contribution in [2.45, 2.75) is 18.9 Å². The SMILES string of the molecule is c1ccc(N2CCN(C3Cc4ccccc4C3)CC2)nc1. The Bertz CT molecular complexity index is 578. The first-order valence-corrected chi connectivity index (χ1v) is 7.87. The molecule has 108 valence electrons. The zero-order valence-electron chi connectivity index (χ0n) is 12.3. The van der Waals surface area contributed by atoms with Crippen LogP contribution in [0.3, 0.4) is 0 Å². The van der Waals surface area contributed by atoms with Crippen LogP contribution in [0, 0.1) is 0 Å². The van der Waals surface area contributed by atoms with Gasteiger partial charge in [-0.25, -0.2) is 4.98 Å². The van der Waals surface area contributed by atoms with Gasteiger partial charge in [0.05, 0.1) is 0 Å². The molecule has 2 aliphatic rings. The standard InChI is InChI=1S/C18H21N3/c1-2-6-16-14-17(13-15(16)5-1)20-9-11-21(12-10-20)18-7-3-4-8-19-18/h1-8,17H,9-14H2. The molecule has 4 rings (SSSR count). The van der Waals surface area contributed by atoms with Crippen LogP contribution in [0.1, 0.15) is 11.1 Å². The lowest BCUT2D eigenvalue weighted by atomic mass is 10.1. The van der Waals surface area contributed by atoms with Crippen LogP contribution in [0.4, 0.5) is 5.82 Å². The van der Waals surface area contributed by atoms with E-state index in [0.29, 0.717) is 6.04 Å². The van der Waals surface area contributed by atoms with Gasteiger partial charge < -0.3 is 4.90 Å². The normalized spacial score (nSPS) is 19.7. The molecule has 1 aliphatic heterocycles. The van der Waals surface area contributed by atoms with Gasteiger partial charge in [-0.2, -0.15) is 0 Å².